The number of hydrogen-bond donors (Lipinski definition) is 1. The number of benzene rings is 1. The van der Waals surface area contributed by atoms with E-state index in [-0.39, 0.29) is 11.9 Å². The maximum atomic E-state index is 11.4. The van der Waals surface area contributed by atoms with Gasteiger partial charge in [-0.3, -0.25) is 4.79 Å². The van der Waals surface area contributed by atoms with E-state index in [4.69, 9.17) is 10.5 Å². The van der Waals surface area contributed by atoms with Crippen LogP contribution in [0.3, 0.4) is 0 Å². The van der Waals surface area contributed by atoms with Gasteiger partial charge in [0.25, 0.3) is 0 Å². The number of nitrogens with two attached hydrogens (primary N) is 1. The van der Waals surface area contributed by atoms with Crippen LogP contribution in [0.25, 0.3) is 0 Å². The van der Waals surface area contributed by atoms with Crippen LogP contribution in [0.2, 0.25) is 0 Å². The van der Waals surface area contributed by atoms with Crippen molar-refractivity contribution in [3.05, 3.63) is 29.8 Å². The van der Waals surface area contributed by atoms with E-state index in [9.17, 15) is 4.79 Å². The molecule has 19 heavy (non-hydrogen) atoms. The maximum Gasteiger partial charge on any atom is 0.225 e. The average Bonchev–Trinajstić information content (AvgIpc) is 2.38. The Morgan fingerprint density at radius 2 is 2.16 bits per heavy atom. The van der Waals surface area contributed by atoms with Crippen molar-refractivity contribution in [2.45, 2.75) is 32.2 Å². The van der Waals surface area contributed by atoms with Crippen molar-refractivity contribution in [1.29, 1.82) is 0 Å². The van der Waals surface area contributed by atoms with Crippen molar-refractivity contribution in [1.82, 2.24) is 4.90 Å². The molecule has 0 aromatic heterocycles. The minimum atomic E-state index is 0.0733. The molecule has 1 atom stereocenters. The predicted octanol–water partition coefficient (Wildman–Crippen LogP) is 1.82. The molecule has 0 bridgehead atoms. The molecule has 1 aromatic rings. The van der Waals surface area contributed by atoms with E-state index >= 15 is 0 Å². The molecule has 0 aliphatic heterocycles. The van der Waals surface area contributed by atoms with Crippen LogP contribution in [0.4, 0.5) is 0 Å². The second-order valence-corrected chi connectivity index (χ2v) is 4.91. The van der Waals surface area contributed by atoms with Crippen LogP contribution in [-0.4, -0.2) is 37.6 Å². The first-order valence-electron chi connectivity index (χ1n) is 6.70. The summed E-state index contributed by atoms with van der Waals surface area (Å²) < 4.78 is 5.59. The second kappa shape index (κ2) is 7.79. The predicted molar refractivity (Wildman–Crippen MR) is 77.2 cm³/mol. The lowest BCUT2D eigenvalue weighted by Gasteiger charge is -2.12. The van der Waals surface area contributed by atoms with Gasteiger partial charge in [0.1, 0.15) is 5.75 Å². The molecule has 0 aliphatic carbocycles. The van der Waals surface area contributed by atoms with Crippen molar-refractivity contribution in [3.8, 4) is 5.75 Å². The molecule has 1 unspecified atom stereocenters. The zero-order chi connectivity index (χ0) is 14.3. The molecule has 0 saturated carbocycles. The topological polar surface area (TPSA) is 55.6 Å². The molecular weight excluding hydrogens is 240 g/mol. The highest BCUT2D eigenvalue weighted by molar-refractivity contribution is 5.75. The van der Waals surface area contributed by atoms with Crippen LogP contribution in [-0.2, 0) is 11.2 Å². The highest BCUT2D eigenvalue weighted by Gasteiger charge is 2.05. The first-order valence-corrected chi connectivity index (χ1v) is 6.70. The smallest absolute Gasteiger partial charge is 0.225 e. The van der Waals surface area contributed by atoms with E-state index < -0.39 is 0 Å². The van der Waals surface area contributed by atoms with E-state index in [0.29, 0.717) is 13.0 Å². The molecule has 0 aliphatic rings. The van der Waals surface area contributed by atoms with Gasteiger partial charge in [-0.05, 0) is 30.5 Å². The Bertz CT molecular complexity index is 405. The van der Waals surface area contributed by atoms with Gasteiger partial charge in [-0.15, -0.1) is 0 Å². The molecular formula is C15H24N2O2. The molecule has 0 saturated heterocycles. The van der Waals surface area contributed by atoms with Crippen LogP contribution in [0.15, 0.2) is 24.3 Å². The quantitative estimate of drug-likeness (QED) is 0.817. The van der Waals surface area contributed by atoms with Crippen molar-refractivity contribution >= 4 is 5.91 Å². The van der Waals surface area contributed by atoms with Gasteiger partial charge in [0.05, 0.1) is 13.0 Å². The fourth-order valence-electron chi connectivity index (χ4n) is 1.69. The summed E-state index contributed by atoms with van der Waals surface area (Å²) in [6.45, 7) is 2.48. The number of rotatable bonds is 7. The van der Waals surface area contributed by atoms with Crippen LogP contribution in [0, 0.1) is 0 Å². The lowest BCUT2D eigenvalue weighted by atomic mass is 10.0. The fourth-order valence-corrected chi connectivity index (χ4v) is 1.69. The molecule has 1 amide bonds. The Hall–Kier alpha value is -1.55. The van der Waals surface area contributed by atoms with Gasteiger partial charge in [-0.2, -0.15) is 0 Å². The van der Waals surface area contributed by atoms with Crippen molar-refractivity contribution in [2.24, 2.45) is 5.73 Å². The lowest BCUT2D eigenvalue weighted by Crippen LogP contribution is -2.23. The summed E-state index contributed by atoms with van der Waals surface area (Å²) in [7, 11) is 3.49. The molecule has 1 aromatic carbocycles. The van der Waals surface area contributed by atoms with Gasteiger partial charge in [-0.1, -0.05) is 19.1 Å². The van der Waals surface area contributed by atoms with E-state index in [2.05, 4.69) is 6.92 Å². The Morgan fingerprint density at radius 3 is 2.79 bits per heavy atom. The summed E-state index contributed by atoms with van der Waals surface area (Å²) in [5, 5.41) is 0. The molecule has 4 nitrogen and oxygen atoms in total. The number of carbonyl (C=O) groups is 1. The molecule has 0 fully saturated rings. The minimum Gasteiger partial charge on any atom is -0.493 e. The van der Waals surface area contributed by atoms with Gasteiger partial charge in [-0.25, -0.2) is 0 Å². The summed E-state index contributed by atoms with van der Waals surface area (Å²) in [4.78, 5) is 13.0. The van der Waals surface area contributed by atoms with E-state index in [1.54, 1.807) is 19.0 Å². The molecule has 1 rings (SSSR count). The monoisotopic (exact) mass is 264 g/mol. The van der Waals surface area contributed by atoms with E-state index in [1.165, 1.54) is 5.56 Å². The van der Waals surface area contributed by atoms with Gasteiger partial charge >= 0.3 is 0 Å². The van der Waals surface area contributed by atoms with Crippen molar-refractivity contribution in [3.63, 3.8) is 0 Å². The van der Waals surface area contributed by atoms with Gasteiger partial charge < -0.3 is 15.4 Å². The average molecular weight is 264 g/mol. The minimum absolute atomic E-state index is 0.0733. The molecule has 106 valence electrons. The van der Waals surface area contributed by atoms with Crippen molar-refractivity contribution in [2.75, 3.05) is 20.7 Å². The highest BCUT2D eigenvalue weighted by Crippen LogP contribution is 2.15. The lowest BCUT2D eigenvalue weighted by molar-refractivity contribution is -0.129. The van der Waals surface area contributed by atoms with Crippen LogP contribution >= 0.6 is 0 Å². The van der Waals surface area contributed by atoms with E-state index in [1.807, 2.05) is 24.3 Å². The third-order valence-electron chi connectivity index (χ3n) is 3.00. The molecule has 0 radical (unpaired) electrons. The summed E-state index contributed by atoms with van der Waals surface area (Å²) >= 11 is 0. The summed E-state index contributed by atoms with van der Waals surface area (Å²) in [5.74, 6) is 0.872. The Balaban J connectivity index is 2.46. The second-order valence-electron chi connectivity index (χ2n) is 4.91. The maximum absolute atomic E-state index is 11.4. The number of amides is 1. The molecule has 0 heterocycles. The van der Waals surface area contributed by atoms with Crippen LogP contribution < -0.4 is 10.5 Å². The number of carbonyl (C=O) groups excluding carboxylic acids is 1. The third-order valence-corrected chi connectivity index (χ3v) is 3.00. The van der Waals surface area contributed by atoms with Crippen molar-refractivity contribution < 1.29 is 9.53 Å². The highest BCUT2D eigenvalue weighted by atomic mass is 16.5. The Kier molecular flexibility index (Phi) is 6.36. The van der Waals surface area contributed by atoms with Gasteiger partial charge in [0.2, 0.25) is 5.91 Å². The third kappa shape index (κ3) is 5.75. The molecule has 2 N–H and O–H groups in total. The number of nitrogens with zero attached hydrogens (tertiary/aromatic N) is 1. The number of ether oxygens (including phenoxy) is 1. The summed E-state index contributed by atoms with van der Waals surface area (Å²) in [6.07, 6.45) is 2.21. The first kappa shape index (κ1) is 15.5. The van der Waals surface area contributed by atoms with Gasteiger partial charge in [0, 0.05) is 20.1 Å². The van der Waals surface area contributed by atoms with E-state index in [0.717, 1.165) is 18.6 Å². The van der Waals surface area contributed by atoms with Crippen LogP contribution in [0.1, 0.15) is 25.3 Å². The standard InChI is InChI=1S/C15H24N2O2/c1-4-13(16)10-12-6-5-7-14(11-12)19-9-8-15(18)17(2)3/h5-7,11,13H,4,8-10,16H2,1-3H3. The zero-order valence-corrected chi connectivity index (χ0v) is 12.1. The summed E-state index contributed by atoms with van der Waals surface area (Å²) in [5.41, 5.74) is 7.11. The van der Waals surface area contributed by atoms with Gasteiger partial charge in [0.15, 0.2) is 0 Å². The zero-order valence-electron chi connectivity index (χ0n) is 12.1. The molecule has 4 heteroatoms. The van der Waals surface area contributed by atoms with Crippen LogP contribution in [0.5, 0.6) is 5.75 Å². The first-order chi connectivity index (χ1) is 9.02. The SMILES string of the molecule is CCC(N)Cc1cccc(OCCC(=O)N(C)C)c1. The fraction of sp³-hybridized carbons (Fsp3) is 0.533. The largest absolute Gasteiger partial charge is 0.493 e. The normalized spacial score (nSPS) is 12.0. The summed E-state index contributed by atoms with van der Waals surface area (Å²) in [6, 6.07) is 8.09. The Labute approximate surface area is 115 Å². The number of hydrogen-bond acceptors (Lipinski definition) is 3. The molecule has 0 spiro atoms. The Morgan fingerprint density at radius 1 is 1.42 bits per heavy atom.